The van der Waals surface area contributed by atoms with E-state index >= 15 is 0 Å². The molecule has 6 nitrogen and oxygen atoms in total. The van der Waals surface area contributed by atoms with Gasteiger partial charge in [-0.05, 0) is 68.6 Å². The maximum Gasteiger partial charge on any atom is 0.344 e. The molecule has 0 aliphatic heterocycles. The van der Waals surface area contributed by atoms with E-state index in [2.05, 4.69) is 31.9 Å². The Morgan fingerprint density at radius 3 is 2.33 bits per heavy atom. The normalized spacial score (nSPS) is 12.3. The number of ether oxygens (including phenoxy) is 1. The Morgan fingerprint density at radius 2 is 1.80 bits per heavy atom. The first-order valence-corrected chi connectivity index (χ1v) is 11.0. The number of carboxylic acid groups (broad SMARTS) is 1. The molecule has 0 bridgehead atoms. The number of carboxylic acids is 1. The van der Waals surface area contributed by atoms with Gasteiger partial charge >= 0.3 is 5.97 Å². The van der Waals surface area contributed by atoms with Crippen LogP contribution in [0, 0.1) is 0 Å². The molecule has 1 unspecified atom stereocenters. The molecule has 2 aromatic carbocycles. The maximum atomic E-state index is 13.5. The summed E-state index contributed by atoms with van der Waals surface area (Å²) in [5, 5.41) is 9.92. The summed E-state index contributed by atoms with van der Waals surface area (Å²) >= 11 is 6.80. The van der Waals surface area contributed by atoms with Gasteiger partial charge in [0.05, 0.1) is 14.5 Å². The Bertz CT molecular complexity index is 1110. The van der Waals surface area contributed by atoms with Gasteiger partial charge < -0.3 is 20.0 Å². The van der Waals surface area contributed by atoms with Crippen molar-refractivity contribution in [1.82, 2.24) is 0 Å². The van der Waals surface area contributed by atoms with Gasteiger partial charge in [0.2, 0.25) is 0 Å². The average Bonchev–Trinajstić information content (AvgIpc) is 3.05. The lowest BCUT2D eigenvalue weighted by molar-refractivity contribution is -0.145. The third-order valence-corrected chi connectivity index (χ3v) is 5.84. The number of ketones is 1. The lowest BCUT2D eigenvalue weighted by Crippen LogP contribution is -2.26. The molecule has 3 aromatic rings. The maximum absolute atomic E-state index is 13.5. The number of rotatable bonds is 7. The number of carbonyl (C=O) groups excluding carboxylic acids is 1. The second kappa shape index (κ2) is 8.81. The number of hydrogen-bond acceptors (Lipinski definition) is 5. The van der Waals surface area contributed by atoms with Gasteiger partial charge in [0.1, 0.15) is 17.1 Å². The van der Waals surface area contributed by atoms with Gasteiger partial charge in [-0.25, -0.2) is 4.79 Å². The fourth-order valence-electron chi connectivity index (χ4n) is 3.17. The van der Waals surface area contributed by atoms with Crippen molar-refractivity contribution in [2.75, 3.05) is 5.73 Å². The van der Waals surface area contributed by atoms with Crippen molar-refractivity contribution in [1.29, 1.82) is 0 Å². The predicted octanol–water partition coefficient (Wildman–Crippen LogP) is 6.14. The summed E-state index contributed by atoms with van der Waals surface area (Å²) in [7, 11) is 0. The van der Waals surface area contributed by atoms with Crippen LogP contribution in [0.25, 0.3) is 11.0 Å². The molecule has 1 aromatic heterocycles. The van der Waals surface area contributed by atoms with Crippen LogP contribution in [-0.4, -0.2) is 23.0 Å². The monoisotopic (exact) mass is 537 g/mol. The van der Waals surface area contributed by atoms with Crippen LogP contribution >= 0.6 is 31.9 Å². The number of fused-ring (bicyclic) bond motifs is 1. The van der Waals surface area contributed by atoms with Crippen molar-refractivity contribution in [3.8, 4) is 5.75 Å². The minimum atomic E-state index is -1.06. The number of furan rings is 1. The Balaban J connectivity index is 2.09. The first kappa shape index (κ1) is 22.4. The molecule has 1 heterocycles. The molecule has 1 atom stereocenters. The van der Waals surface area contributed by atoms with E-state index in [1.165, 1.54) is 0 Å². The van der Waals surface area contributed by atoms with Crippen molar-refractivity contribution in [3.05, 3.63) is 56.2 Å². The minimum Gasteiger partial charge on any atom is -0.479 e. The summed E-state index contributed by atoms with van der Waals surface area (Å²) in [4.78, 5) is 24.8. The first-order valence-electron chi connectivity index (χ1n) is 9.39. The van der Waals surface area contributed by atoms with Crippen molar-refractivity contribution < 1.29 is 23.8 Å². The van der Waals surface area contributed by atoms with E-state index in [1.807, 2.05) is 13.8 Å². The molecule has 8 heteroatoms. The van der Waals surface area contributed by atoms with Crippen LogP contribution in [-0.2, 0) is 4.79 Å². The number of halogens is 2. The number of anilines is 1. The van der Waals surface area contributed by atoms with Crippen molar-refractivity contribution in [2.24, 2.45) is 0 Å². The SMILES string of the molecule is CCC(Oc1c(Br)cc(C(=O)c2c(C(C)C)oc3ccc(N)cc23)cc1Br)C(=O)O. The highest BCUT2D eigenvalue weighted by atomic mass is 79.9. The molecule has 158 valence electrons. The van der Waals surface area contributed by atoms with E-state index in [4.69, 9.17) is 14.9 Å². The zero-order valence-electron chi connectivity index (χ0n) is 16.7. The van der Waals surface area contributed by atoms with Crippen molar-refractivity contribution in [3.63, 3.8) is 0 Å². The fourth-order valence-corrected chi connectivity index (χ4v) is 4.55. The number of aliphatic carboxylic acids is 1. The molecule has 0 aliphatic rings. The molecule has 0 amide bonds. The number of hydrogen-bond donors (Lipinski definition) is 2. The van der Waals surface area contributed by atoms with Crippen molar-refractivity contribution >= 4 is 60.3 Å². The first-order chi connectivity index (χ1) is 14.1. The fraction of sp³-hybridized carbons (Fsp3) is 0.273. The molecular formula is C22H21Br2NO5. The summed E-state index contributed by atoms with van der Waals surface area (Å²) < 4.78 is 12.5. The van der Waals surface area contributed by atoms with Gasteiger partial charge in [-0.3, -0.25) is 4.79 Å². The number of carbonyl (C=O) groups is 2. The number of benzene rings is 2. The van der Waals surface area contributed by atoms with E-state index in [1.54, 1.807) is 37.3 Å². The van der Waals surface area contributed by atoms with E-state index < -0.39 is 12.1 Å². The molecule has 0 radical (unpaired) electrons. The third-order valence-electron chi connectivity index (χ3n) is 4.66. The Morgan fingerprint density at radius 1 is 1.17 bits per heavy atom. The van der Waals surface area contributed by atoms with Crippen LogP contribution in [0.4, 0.5) is 5.69 Å². The zero-order valence-corrected chi connectivity index (χ0v) is 19.8. The minimum absolute atomic E-state index is 0.00654. The number of nitrogen functional groups attached to an aromatic ring is 1. The molecule has 3 N–H and O–H groups in total. The van der Waals surface area contributed by atoms with Crippen molar-refractivity contribution in [2.45, 2.75) is 39.2 Å². The molecule has 0 saturated carbocycles. The Labute approximate surface area is 190 Å². The summed E-state index contributed by atoms with van der Waals surface area (Å²) in [5.74, 6) is -0.369. The molecule has 0 aliphatic carbocycles. The van der Waals surface area contributed by atoms with E-state index in [9.17, 15) is 14.7 Å². The van der Waals surface area contributed by atoms with Gasteiger partial charge in [-0.1, -0.05) is 20.8 Å². The van der Waals surface area contributed by atoms with E-state index in [-0.39, 0.29) is 11.7 Å². The summed E-state index contributed by atoms with van der Waals surface area (Å²) in [5.41, 5.74) is 7.94. The molecule has 0 fully saturated rings. The number of nitrogens with two attached hydrogens (primary N) is 1. The summed E-state index contributed by atoms with van der Waals surface area (Å²) in [6.45, 7) is 5.64. The summed E-state index contributed by atoms with van der Waals surface area (Å²) in [6, 6.07) is 8.46. The molecule has 0 saturated heterocycles. The Hall–Kier alpha value is -2.32. The molecule has 30 heavy (non-hydrogen) atoms. The van der Waals surface area contributed by atoms with Gasteiger partial charge in [-0.15, -0.1) is 0 Å². The van der Waals surface area contributed by atoms with E-state index in [0.717, 1.165) is 0 Å². The highest BCUT2D eigenvalue weighted by Crippen LogP contribution is 2.39. The van der Waals surface area contributed by atoms with Crippen LogP contribution in [0.3, 0.4) is 0 Å². The summed E-state index contributed by atoms with van der Waals surface area (Å²) in [6.07, 6.45) is -0.692. The molecule has 3 rings (SSSR count). The van der Waals surface area contributed by atoms with Gasteiger partial charge in [0.15, 0.2) is 11.9 Å². The van der Waals surface area contributed by atoms with Gasteiger partial charge in [-0.2, -0.15) is 0 Å². The van der Waals surface area contributed by atoms with Crippen LogP contribution in [0.15, 0.2) is 43.7 Å². The second-order valence-electron chi connectivity index (χ2n) is 7.20. The predicted molar refractivity (Wildman–Crippen MR) is 122 cm³/mol. The van der Waals surface area contributed by atoms with Crippen LogP contribution < -0.4 is 10.5 Å². The Kier molecular flexibility index (Phi) is 6.57. The van der Waals surface area contributed by atoms with E-state index in [0.29, 0.717) is 54.7 Å². The average molecular weight is 539 g/mol. The second-order valence-corrected chi connectivity index (χ2v) is 8.91. The molecular weight excluding hydrogens is 518 g/mol. The van der Waals surface area contributed by atoms with Gasteiger partial charge in [0.25, 0.3) is 0 Å². The van der Waals surface area contributed by atoms with Crippen LogP contribution in [0.1, 0.15) is 54.8 Å². The molecule has 0 spiro atoms. The lowest BCUT2D eigenvalue weighted by atomic mass is 9.96. The van der Waals surface area contributed by atoms with Crippen LogP contribution in [0.5, 0.6) is 5.75 Å². The quantitative estimate of drug-likeness (QED) is 0.277. The highest BCUT2D eigenvalue weighted by molar-refractivity contribution is 9.11. The highest BCUT2D eigenvalue weighted by Gasteiger charge is 2.26. The topological polar surface area (TPSA) is 103 Å². The van der Waals surface area contributed by atoms with Gasteiger partial charge in [0, 0.05) is 22.6 Å². The zero-order chi connectivity index (χ0) is 22.2. The largest absolute Gasteiger partial charge is 0.479 e. The standard InChI is InChI=1S/C22H21Br2NO5/c1-4-16(22(27)28)29-21-14(23)7-11(8-15(21)24)19(26)18-13-9-12(25)5-6-17(13)30-20(18)10(2)3/h5-10,16H,4,25H2,1-3H3,(H,27,28). The third kappa shape index (κ3) is 4.25. The van der Waals surface area contributed by atoms with Crippen LogP contribution in [0.2, 0.25) is 0 Å². The smallest absolute Gasteiger partial charge is 0.344 e. The lowest BCUT2D eigenvalue weighted by Gasteiger charge is -2.17.